The second-order valence-corrected chi connectivity index (χ2v) is 5.06. The number of carbonyl (C=O) groups is 2. The molecule has 2 N–H and O–H groups in total. The van der Waals surface area contributed by atoms with Crippen molar-refractivity contribution in [1.29, 1.82) is 0 Å². The number of hydrogen-bond donors (Lipinski definition) is 2. The van der Waals surface area contributed by atoms with E-state index in [-0.39, 0.29) is 5.91 Å². The first-order valence-corrected chi connectivity index (χ1v) is 5.88. The highest BCUT2D eigenvalue weighted by atomic mass is 16.6. The normalized spacial score (nSPS) is 20.4. The van der Waals surface area contributed by atoms with Crippen LogP contribution in [-0.2, 0) is 14.4 Å². The van der Waals surface area contributed by atoms with Gasteiger partial charge in [0, 0.05) is 19.6 Å². The summed E-state index contributed by atoms with van der Waals surface area (Å²) in [6, 6.07) is -0.617. The summed E-state index contributed by atoms with van der Waals surface area (Å²) in [6.07, 6.45) is -0.486. The van der Waals surface area contributed by atoms with Gasteiger partial charge in [-0.05, 0) is 20.8 Å². The van der Waals surface area contributed by atoms with Gasteiger partial charge >= 0.3 is 6.09 Å². The number of ether oxygens (including phenoxy) is 1. The summed E-state index contributed by atoms with van der Waals surface area (Å²) < 4.78 is 5.27. The molecule has 104 valence electrons. The van der Waals surface area contributed by atoms with Gasteiger partial charge in [-0.1, -0.05) is 0 Å². The molecule has 1 aliphatic rings. The van der Waals surface area contributed by atoms with Gasteiger partial charge in [0.15, 0.2) is 0 Å². The maximum absolute atomic E-state index is 12.0. The predicted molar refractivity (Wildman–Crippen MR) is 64.7 cm³/mol. The molecule has 1 rings (SSSR count). The van der Waals surface area contributed by atoms with E-state index in [1.165, 1.54) is 12.0 Å². The van der Waals surface area contributed by atoms with E-state index in [1.54, 1.807) is 20.8 Å². The van der Waals surface area contributed by atoms with Crippen molar-refractivity contribution in [3.63, 3.8) is 0 Å². The lowest BCUT2D eigenvalue weighted by atomic mass is 10.2. The Bertz CT molecular complexity index is 314. The fourth-order valence-electron chi connectivity index (χ4n) is 1.65. The highest BCUT2D eigenvalue weighted by molar-refractivity contribution is 5.85. The first-order chi connectivity index (χ1) is 8.35. The number of nitrogens with one attached hydrogen (secondary N) is 2. The average Bonchev–Trinajstić information content (AvgIpc) is 2.27. The van der Waals surface area contributed by atoms with Gasteiger partial charge in [-0.3, -0.25) is 14.5 Å². The first kappa shape index (κ1) is 14.7. The number of piperazine rings is 1. The zero-order valence-electron chi connectivity index (χ0n) is 11.3. The lowest BCUT2D eigenvalue weighted by Gasteiger charge is -2.35. The van der Waals surface area contributed by atoms with Crippen LogP contribution in [0.1, 0.15) is 20.8 Å². The number of hydroxylamine groups is 1. The monoisotopic (exact) mass is 259 g/mol. The lowest BCUT2D eigenvalue weighted by Crippen LogP contribution is -2.60. The second-order valence-electron chi connectivity index (χ2n) is 5.06. The van der Waals surface area contributed by atoms with Crippen LogP contribution in [-0.4, -0.2) is 55.3 Å². The molecule has 0 radical (unpaired) electrons. The first-order valence-electron chi connectivity index (χ1n) is 5.88. The van der Waals surface area contributed by atoms with Crippen molar-refractivity contribution >= 4 is 12.0 Å². The average molecular weight is 259 g/mol. The van der Waals surface area contributed by atoms with Crippen molar-refractivity contribution < 1.29 is 19.2 Å². The molecule has 7 heteroatoms. The Morgan fingerprint density at radius 3 is 2.61 bits per heavy atom. The predicted octanol–water partition coefficient (Wildman–Crippen LogP) is -0.127. The summed E-state index contributed by atoms with van der Waals surface area (Å²) in [5.41, 5.74) is 1.66. The molecule has 2 amide bonds. The van der Waals surface area contributed by atoms with Crippen molar-refractivity contribution in [2.24, 2.45) is 0 Å². The minimum absolute atomic E-state index is 0.365. The molecule has 0 aromatic heterocycles. The van der Waals surface area contributed by atoms with Crippen molar-refractivity contribution in [2.45, 2.75) is 32.4 Å². The molecule has 1 fully saturated rings. The van der Waals surface area contributed by atoms with Crippen LogP contribution in [0, 0.1) is 0 Å². The Morgan fingerprint density at radius 2 is 2.06 bits per heavy atom. The lowest BCUT2D eigenvalue weighted by molar-refractivity contribution is -0.137. The van der Waals surface area contributed by atoms with E-state index in [4.69, 9.17) is 4.74 Å². The Labute approximate surface area is 107 Å². The minimum atomic E-state index is -0.617. The maximum Gasteiger partial charge on any atom is 0.411 e. The molecule has 1 unspecified atom stereocenters. The highest BCUT2D eigenvalue weighted by Crippen LogP contribution is 2.13. The minimum Gasteiger partial charge on any atom is -0.444 e. The maximum atomic E-state index is 12.0. The van der Waals surface area contributed by atoms with Crippen LogP contribution in [0.25, 0.3) is 0 Å². The van der Waals surface area contributed by atoms with Gasteiger partial charge in [0.1, 0.15) is 11.6 Å². The molecule has 0 aliphatic carbocycles. The molecule has 0 bridgehead atoms. The molecule has 18 heavy (non-hydrogen) atoms. The summed E-state index contributed by atoms with van der Waals surface area (Å²) >= 11 is 0. The van der Waals surface area contributed by atoms with Crippen molar-refractivity contribution in [1.82, 2.24) is 15.7 Å². The van der Waals surface area contributed by atoms with Gasteiger partial charge in [-0.25, -0.2) is 10.3 Å². The third-order valence-electron chi connectivity index (χ3n) is 2.38. The van der Waals surface area contributed by atoms with Gasteiger partial charge in [0.05, 0.1) is 7.11 Å². The molecule has 1 aliphatic heterocycles. The summed E-state index contributed by atoms with van der Waals surface area (Å²) in [5.74, 6) is -0.365. The van der Waals surface area contributed by atoms with Crippen molar-refractivity contribution in [3.8, 4) is 0 Å². The molecule has 7 nitrogen and oxygen atoms in total. The molecule has 0 spiro atoms. The van der Waals surface area contributed by atoms with E-state index in [0.29, 0.717) is 19.6 Å². The summed E-state index contributed by atoms with van der Waals surface area (Å²) in [7, 11) is 1.35. The molecular weight excluding hydrogens is 238 g/mol. The number of carbonyl (C=O) groups excluding carboxylic acids is 2. The van der Waals surface area contributed by atoms with E-state index in [1.807, 2.05) is 0 Å². The summed E-state index contributed by atoms with van der Waals surface area (Å²) in [4.78, 5) is 29.7. The zero-order chi connectivity index (χ0) is 13.8. The Hall–Kier alpha value is -1.34. The van der Waals surface area contributed by atoms with Crippen molar-refractivity contribution in [3.05, 3.63) is 0 Å². The van der Waals surface area contributed by atoms with Crippen LogP contribution in [0.4, 0.5) is 4.79 Å². The van der Waals surface area contributed by atoms with Gasteiger partial charge < -0.3 is 10.1 Å². The van der Waals surface area contributed by atoms with Crippen LogP contribution >= 0.6 is 0 Å². The molecule has 1 saturated heterocycles. The number of hydrogen-bond acceptors (Lipinski definition) is 5. The van der Waals surface area contributed by atoms with Crippen LogP contribution in [0.15, 0.2) is 0 Å². The van der Waals surface area contributed by atoms with E-state index >= 15 is 0 Å². The largest absolute Gasteiger partial charge is 0.444 e. The molecule has 0 aromatic carbocycles. The van der Waals surface area contributed by atoms with Crippen LogP contribution in [0.5, 0.6) is 0 Å². The third kappa shape index (κ3) is 4.15. The molecule has 0 saturated carbocycles. The molecule has 1 heterocycles. The second kappa shape index (κ2) is 6.01. The Kier molecular flexibility index (Phi) is 4.92. The fraction of sp³-hybridized carbons (Fsp3) is 0.818. The fourth-order valence-corrected chi connectivity index (χ4v) is 1.65. The smallest absolute Gasteiger partial charge is 0.411 e. The van der Waals surface area contributed by atoms with Gasteiger partial charge in [-0.15, -0.1) is 0 Å². The van der Waals surface area contributed by atoms with Crippen LogP contribution in [0.2, 0.25) is 0 Å². The van der Waals surface area contributed by atoms with Gasteiger partial charge in [0.25, 0.3) is 5.91 Å². The summed E-state index contributed by atoms with van der Waals surface area (Å²) in [6.45, 7) is 6.81. The van der Waals surface area contributed by atoms with Gasteiger partial charge in [0.2, 0.25) is 0 Å². The Morgan fingerprint density at radius 1 is 1.39 bits per heavy atom. The zero-order valence-corrected chi connectivity index (χ0v) is 11.3. The quantitative estimate of drug-likeness (QED) is 0.675. The number of nitrogens with zero attached hydrogens (tertiary/aromatic N) is 1. The molecule has 0 aromatic rings. The summed E-state index contributed by atoms with van der Waals surface area (Å²) in [5, 5.41) is 3.06. The Balaban J connectivity index is 2.70. The van der Waals surface area contributed by atoms with Gasteiger partial charge in [-0.2, -0.15) is 0 Å². The van der Waals surface area contributed by atoms with E-state index in [9.17, 15) is 9.59 Å². The standard InChI is InChI=1S/C11H21N3O4/c1-11(2,3)18-10(16)14-6-5-12-7-8(14)9(15)13-17-4/h8,12H,5-7H2,1-4H3,(H,13,15). The van der Waals surface area contributed by atoms with E-state index in [2.05, 4.69) is 15.6 Å². The topological polar surface area (TPSA) is 79.9 Å². The van der Waals surface area contributed by atoms with Crippen LogP contribution < -0.4 is 10.8 Å². The highest BCUT2D eigenvalue weighted by Gasteiger charge is 2.34. The van der Waals surface area contributed by atoms with E-state index < -0.39 is 17.7 Å². The van der Waals surface area contributed by atoms with Crippen LogP contribution in [0.3, 0.4) is 0 Å². The number of amides is 2. The van der Waals surface area contributed by atoms with E-state index in [0.717, 1.165) is 0 Å². The molecule has 1 atom stereocenters. The number of rotatable bonds is 2. The molecular formula is C11H21N3O4. The van der Waals surface area contributed by atoms with Crippen molar-refractivity contribution in [2.75, 3.05) is 26.7 Å². The third-order valence-corrected chi connectivity index (χ3v) is 2.38. The SMILES string of the molecule is CONC(=O)C1CNCCN1C(=O)OC(C)(C)C.